The topological polar surface area (TPSA) is 112 Å². The molecule has 0 fully saturated rings. The molecule has 2 rings (SSSR count). The molecule has 0 saturated carbocycles. The van der Waals surface area contributed by atoms with Crippen LogP contribution in [0.25, 0.3) is 0 Å². The predicted molar refractivity (Wildman–Crippen MR) is 229 cm³/mol. The van der Waals surface area contributed by atoms with Crippen LogP contribution in [0.15, 0.2) is 73.2 Å². The van der Waals surface area contributed by atoms with Gasteiger partial charge >= 0.3 is 20.4 Å². The summed E-state index contributed by atoms with van der Waals surface area (Å²) in [7, 11) is -2.48. The minimum Gasteiger partial charge on any atom is -0.450 e. The van der Waals surface area contributed by atoms with Crippen molar-refractivity contribution in [2.75, 3.05) is 13.2 Å². The number of nitrogens with one attached hydrogen (secondary N) is 2. The molecule has 0 radical (unpaired) electrons. The Labute approximate surface area is 339 Å². The van der Waals surface area contributed by atoms with Gasteiger partial charge in [0.25, 0.3) is 0 Å². The van der Waals surface area contributed by atoms with Crippen molar-refractivity contribution in [3.8, 4) is 0 Å². The number of alkyl carbamates (subject to hydrolysis) is 2. The van der Waals surface area contributed by atoms with Gasteiger partial charge in [0.05, 0.1) is 25.3 Å². The number of hydrogen-bond donors (Lipinski definition) is 2. The van der Waals surface area contributed by atoms with Gasteiger partial charge in [0.15, 0.2) is 12.5 Å². The van der Waals surface area contributed by atoms with Crippen LogP contribution in [0.5, 0.6) is 0 Å². The Balaban J connectivity index is 1.93. The second-order valence-corrected chi connectivity index (χ2v) is 15.4. The van der Waals surface area contributed by atoms with Crippen molar-refractivity contribution in [3.05, 3.63) is 95.5 Å². The van der Waals surface area contributed by atoms with E-state index in [-0.39, 0.29) is 12.1 Å². The minimum absolute atomic E-state index is 0.353. The number of benzene rings is 2. The lowest BCUT2D eigenvalue weighted by atomic mass is 9.99. The van der Waals surface area contributed by atoms with Gasteiger partial charge in [-0.15, -0.1) is 0 Å². The van der Waals surface area contributed by atoms with E-state index in [0.29, 0.717) is 26.1 Å². The highest BCUT2D eigenvalue weighted by Gasteiger charge is 2.20. The molecule has 0 spiro atoms. The van der Waals surface area contributed by atoms with Crippen LogP contribution in [0.4, 0.5) is 9.59 Å². The van der Waals surface area contributed by atoms with Gasteiger partial charge in [-0.05, 0) is 85.8 Å². The van der Waals surface area contributed by atoms with E-state index in [1.807, 2.05) is 38.1 Å². The Morgan fingerprint density at radius 3 is 1.27 bits per heavy atom. The molecule has 2 N–H and O–H groups in total. The maximum atomic E-state index is 12.6. The van der Waals surface area contributed by atoms with Crippen molar-refractivity contribution in [3.63, 3.8) is 0 Å². The van der Waals surface area contributed by atoms with Crippen LogP contribution in [0.3, 0.4) is 0 Å². The first-order chi connectivity index (χ1) is 27.4. The highest BCUT2D eigenvalue weighted by atomic mass is 31.1. The van der Waals surface area contributed by atoms with Crippen molar-refractivity contribution in [2.45, 2.75) is 168 Å². The van der Waals surface area contributed by atoms with Gasteiger partial charge < -0.3 is 20.1 Å². The molecule has 0 aromatic heterocycles. The highest BCUT2D eigenvalue weighted by Crippen LogP contribution is 2.27. The quantitative estimate of drug-likeness (QED) is 0.0431. The van der Waals surface area contributed by atoms with E-state index >= 15 is 0 Å². The molecule has 0 saturated heterocycles. The fraction of sp³-hybridized carbons (Fsp3) is 0.609. The van der Waals surface area contributed by atoms with Crippen LogP contribution in [0.2, 0.25) is 0 Å². The number of carbonyl (C=O) groups is 2. The zero-order valence-corrected chi connectivity index (χ0v) is 35.8. The van der Waals surface area contributed by atoms with E-state index in [4.69, 9.17) is 18.5 Å². The Morgan fingerprint density at radius 1 is 0.536 bits per heavy atom. The maximum Gasteiger partial charge on any atom is 0.804 e. The number of aryl methyl sites for hydroxylation is 2. The van der Waals surface area contributed by atoms with Crippen molar-refractivity contribution in [2.24, 2.45) is 0 Å². The average Bonchev–Trinajstić information content (AvgIpc) is 3.20. The van der Waals surface area contributed by atoms with E-state index in [9.17, 15) is 14.2 Å². The number of rotatable bonds is 32. The summed E-state index contributed by atoms with van der Waals surface area (Å²) in [6.45, 7) is 9.29. The Hall–Kier alpha value is -3.84. The Kier molecular flexibility index (Phi) is 27.8. The van der Waals surface area contributed by atoms with Crippen molar-refractivity contribution < 1.29 is 32.7 Å². The maximum absolute atomic E-state index is 12.6. The molecule has 2 aromatic rings. The molecular weight excluding hydrogens is 723 g/mol. The summed E-state index contributed by atoms with van der Waals surface area (Å²) in [5, 5.41) is 5.93. The molecule has 56 heavy (non-hydrogen) atoms. The fourth-order valence-corrected chi connectivity index (χ4v) is 6.61. The van der Waals surface area contributed by atoms with Crippen LogP contribution in [-0.4, -0.2) is 25.4 Å². The summed E-state index contributed by atoms with van der Waals surface area (Å²) in [5.74, 6) is 0. The van der Waals surface area contributed by atoms with Gasteiger partial charge in [-0.3, -0.25) is 0 Å². The summed E-state index contributed by atoms with van der Waals surface area (Å²) in [6.07, 6.45) is 26.6. The first-order valence-corrected chi connectivity index (χ1v) is 22.6. The summed E-state index contributed by atoms with van der Waals surface area (Å²) in [5.41, 5.74) is 4.45. The SMILES string of the molecule is CCCCCCCCc1ccc(C(CC=CO[P+](=O)OC=CCC(NC(=O)OCCCC)c2ccc(CCCCCCCC)cc2)NC(=O)OCCCC)cc1. The standard InChI is InChI=1S/C46H71N2O7P/c1-5-9-13-15-17-19-23-39-27-31-41(32-28-39)43(47-45(49)52-35-11-7-3)25-21-37-54-56(51)55-38-22-26-44(48-46(50)53-36-12-8-4)42-33-29-40(30-34-42)24-20-18-16-14-10-6-2/h21-22,27-34,37-38,43-44H,5-20,23-26,35-36H2,1-4H3,(H-,47,48,49,50)/p+1. The van der Waals surface area contributed by atoms with Crippen molar-refractivity contribution >= 4 is 20.4 Å². The zero-order chi connectivity index (χ0) is 40.5. The third-order valence-electron chi connectivity index (χ3n) is 9.68. The molecule has 2 aromatic carbocycles. The Bertz CT molecular complexity index is 1280. The second kappa shape index (κ2) is 32.3. The van der Waals surface area contributed by atoms with Crippen molar-refractivity contribution in [1.29, 1.82) is 0 Å². The monoisotopic (exact) mass is 796 g/mol. The summed E-state index contributed by atoms with van der Waals surface area (Å²) >= 11 is 0. The fourth-order valence-electron chi connectivity index (χ4n) is 6.19. The van der Waals surface area contributed by atoms with Gasteiger partial charge in [-0.1, -0.05) is 153 Å². The van der Waals surface area contributed by atoms with E-state index in [1.165, 1.54) is 101 Å². The van der Waals surface area contributed by atoms with Gasteiger partial charge in [-0.2, -0.15) is 0 Å². The molecule has 2 amide bonds. The summed E-state index contributed by atoms with van der Waals surface area (Å²) < 4.78 is 33.9. The zero-order valence-electron chi connectivity index (χ0n) is 34.9. The molecule has 0 heterocycles. The number of ether oxygens (including phenoxy) is 2. The average molecular weight is 796 g/mol. The van der Waals surface area contributed by atoms with Crippen LogP contribution < -0.4 is 10.6 Å². The van der Waals surface area contributed by atoms with Crippen LogP contribution in [0, 0.1) is 0 Å². The lowest BCUT2D eigenvalue weighted by Gasteiger charge is -2.18. The lowest BCUT2D eigenvalue weighted by Crippen LogP contribution is -2.29. The molecule has 0 bridgehead atoms. The molecule has 0 aliphatic heterocycles. The van der Waals surface area contributed by atoms with Gasteiger partial charge in [-0.25, -0.2) is 18.6 Å². The van der Waals surface area contributed by atoms with Crippen LogP contribution >= 0.6 is 8.25 Å². The van der Waals surface area contributed by atoms with Crippen LogP contribution in [-0.2, 0) is 35.9 Å². The summed E-state index contributed by atoms with van der Waals surface area (Å²) in [6, 6.07) is 16.0. The Morgan fingerprint density at radius 2 is 0.893 bits per heavy atom. The molecule has 0 aliphatic rings. The highest BCUT2D eigenvalue weighted by molar-refractivity contribution is 7.33. The lowest BCUT2D eigenvalue weighted by molar-refractivity contribution is 0.139. The normalized spacial score (nSPS) is 12.7. The van der Waals surface area contributed by atoms with E-state index in [1.54, 1.807) is 12.2 Å². The second-order valence-electron chi connectivity index (χ2n) is 14.5. The molecule has 9 nitrogen and oxygen atoms in total. The molecule has 0 aliphatic carbocycles. The molecule has 312 valence electrons. The number of hydrogen-bond acceptors (Lipinski definition) is 7. The minimum atomic E-state index is -2.48. The molecule has 10 heteroatoms. The third kappa shape index (κ3) is 23.3. The number of unbranched alkanes of at least 4 members (excludes halogenated alkanes) is 12. The van der Waals surface area contributed by atoms with E-state index in [0.717, 1.165) is 49.7 Å². The smallest absolute Gasteiger partial charge is 0.450 e. The largest absolute Gasteiger partial charge is 0.804 e. The van der Waals surface area contributed by atoms with E-state index in [2.05, 4.69) is 48.7 Å². The third-order valence-corrected chi connectivity index (χ3v) is 10.3. The molecule has 2 atom stereocenters. The first kappa shape index (κ1) is 48.3. The van der Waals surface area contributed by atoms with Gasteiger partial charge in [0.1, 0.15) is 0 Å². The molecule has 2 unspecified atom stereocenters. The van der Waals surface area contributed by atoms with Crippen molar-refractivity contribution in [1.82, 2.24) is 10.6 Å². The number of amides is 2. The van der Waals surface area contributed by atoms with Crippen LogP contribution in [0.1, 0.15) is 178 Å². The first-order valence-electron chi connectivity index (χ1n) is 21.5. The van der Waals surface area contributed by atoms with Gasteiger partial charge in [0.2, 0.25) is 0 Å². The molecular formula is C46H72N2O7P+. The van der Waals surface area contributed by atoms with E-state index < -0.39 is 20.4 Å². The van der Waals surface area contributed by atoms with Gasteiger partial charge in [0, 0.05) is 4.57 Å². The summed E-state index contributed by atoms with van der Waals surface area (Å²) in [4.78, 5) is 25.1. The number of carbonyl (C=O) groups excluding carboxylic acids is 2. The predicted octanol–water partition coefficient (Wildman–Crippen LogP) is 13.8.